The van der Waals surface area contributed by atoms with Crippen LogP contribution in [0.15, 0.2) is 42.5 Å². The van der Waals surface area contributed by atoms with Gasteiger partial charge in [0.15, 0.2) is 16.6 Å². The summed E-state index contributed by atoms with van der Waals surface area (Å²) in [6.07, 6.45) is 6.77. The maximum absolute atomic E-state index is 6.00. The Labute approximate surface area is 177 Å². The van der Waals surface area contributed by atoms with Crippen molar-refractivity contribution in [2.75, 3.05) is 19.5 Å². The lowest BCUT2D eigenvalue weighted by molar-refractivity contribution is 0.355. The Morgan fingerprint density at radius 2 is 1.71 bits per heavy atom. The van der Waals surface area contributed by atoms with Gasteiger partial charge in [-0.25, -0.2) is 0 Å². The van der Waals surface area contributed by atoms with Gasteiger partial charge in [0.25, 0.3) is 0 Å². The first-order valence-corrected chi connectivity index (χ1v) is 10.4. The summed E-state index contributed by atoms with van der Waals surface area (Å²) in [5.41, 5.74) is 2.22. The van der Waals surface area contributed by atoms with E-state index in [2.05, 4.69) is 22.8 Å². The Bertz CT molecular complexity index is 805. The average Bonchev–Trinajstić information content (AvgIpc) is 3.16. The van der Waals surface area contributed by atoms with Crippen LogP contribution in [0.25, 0.3) is 0 Å². The molecule has 4 nitrogen and oxygen atoms in total. The fourth-order valence-electron chi connectivity index (χ4n) is 3.84. The average molecular weight is 419 g/mol. The molecule has 1 fully saturated rings. The number of hydrogen-bond donors (Lipinski definition) is 2. The smallest absolute Gasteiger partial charge is 0.171 e. The van der Waals surface area contributed by atoms with Crippen LogP contribution >= 0.6 is 23.8 Å². The van der Waals surface area contributed by atoms with Crippen LogP contribution in [-0.2, 0) is 6.42 Å². The van der Waals surface area contributed by atoms with Gasteiger partial charge in [0.1, 0.15) is 0 Å². The molecule has 0 saturated heterocycles. The molecule has 0 bridgehead atoms. The molecule has 1 saturated carbocycles. The molecule has 1 aliphatic rings. The Kier molecular flexibility index (Phi) is 7.03. The van der Waals surface area contributed by atoms with Gasteiger partial charge in [0, 0.05) is 22.3 Å². The van der Waals surface area contributed by atoms with Crippen molar-refractivity contribution in [1.82, 2.24) is 5.32 Å². The molecule has 0 spiro atoms. The number of nitrogens with one attached hydrogen (secondary N) is 2. The molecular formula is C22H27ClN2O2S. The van der Waals surface area contributed by atoms with E-state index in [1.165, 1.54) is 18.4 Å². The zero-order valence-electron chi connectivity index (χ0n) is 16.4. The molecule has 0 amide bonds. The second kappa shape index (κ2) is 9.48. The number of halogens is 1. The van der Waals surface area contributed by atoms with Crippen molar-refractivity contribution in [1.29, 1.82) is 0 Å². The first kappa shape index (κ1) is 20.7. The SMILES string of the molecule is COc1ccc(NC(=S)NC2(CCc3ccc(Cl)cc3)CCCC2)cc1OC. The van der Waals surface area contributed by atoms with Crippen LogP contribution in [0.1, 0.15) is 37.7 Å². The number of benzene rings is 2. The third kappa shape index (κ3) is 5.30. The van der Waals surface area contributed by atoms with Crippen molar-refractivity contribution in [3.63, 3.8) is 0 Å². The molecule has 1 aliphatic carbocycles. The van der Waals surface area contributed by atoms with Crippen molar-refractivity contribution in [2.45, 2.75) is 44.1 Å². The van der Waals surface area contributed by atoms with Gasteiger partial charge >= 0.3 is 0 Å². The minimum atomic E-state index is 0.0419. The van der Waals surface area contributed by atoms with Crippen LogP contribution in [0.5, 0.6) is 11.5 Å². The summed E-state index contributed by atoms with van der Waals surface area (Å²) in [5, 5.41) is 8.32. The minimum Gasteiger partial charge on any atom is -0.493 e. The summed E-state index contributed by atoms with van der Waals surface area (Å²) in [5.74, 6) is 1.37. The molecule has 28 heavy (non-hydrogen) atoms. The van der Waals surface area contributed by atoms with Crippen LogP contribution in [0.3, 0.4) is 0 Å². The van der Waals surface area contributed by atoms with E-state index in [1.807, 2.05) is 30.3 Å². The van der Waals surface area contributed by atoms with Gasteiger partial charge in [0.2, 0.25) is 0 Å². The number of methoxy groups -OCH3 is 2. The quantitative estimate of drug-likeness (QED) is 0.574. The molecule has 0 heterocycles. The van der Waals surface area contributed by atoms with Crippen molar-refractivity contribution < 1.29 is 9.47 Å². The van der Waals surface area contributed by atoms with Crippen molar-refractivity contribution in [3.8, 4) is 11.5 Å². The van der Waals surface area contributed by atoms with E-state index >= 15 is 0 Å². The number of thiocarbonyl (C=S) groups is 1. The third-order valence-corrected chi connectivity index (χ3v) is 5.84. The van der Waals surface area contributed by atoms with Gasteiger partial charge < -0.3 is 20.1 Å². The minimum absolute atomic E-state index is 0.0419. The zero-order chi connectivity index (χ0) is 20.0. The molecular weight excluding hydrogens is 392 g/mol. The highest BCUT2D eigenvalue weighted by Gasteiger charge is 2.34. The van der Waals surface area contributed by atoms with Crippen LogP contribution in [0, 0.1) is 0 Å². The van der Waals surface area contributed by atoms with Crippen molar-refractivity contribution in [2.24, 2.45) is 0 Å². The normalized spacial score (nSPS) is 15.1. The predicted octanol–water partition coefficient (Wildman–Crippen LogP) is 5.59. The van der Waals surface area contributed by atoms with Gasteiger partial charge in [0.05, 0.1) is 14.2 Å². The van der Waals surface area contributed by atoms with E-state index in [9.17, 15) is 0 Å². The second-order valence-corrected chi connectivity index (χ2v) is 8.11. The number of anilines is 1. The molecule has 2 aromatic rings. The number of aryl methyl sites for hydroxylation is 1. The molecule has 2 N–H and O–H groups in total. The summed E-state index contributed by atoms with van der Waals surface area (Å²) in [6, 6.07) is 13.8. The summed E-state index contributed by atoms with van der Waals surface area (Å²) in [4.78, 5) is 0. The van der Waals surface area contributed by atoms with E-state index in [4.69, 9.17) is 33.3 Å². The topological polar surface area (TPSA) is 42.5 Å². The number of ether oxygens (including phenoxy) is 2. The molecule has 3 rings (SSSR count). The summed E-state index contributed by atoms with van der Waals surface area (Å²) < 4.78 is 10.7. The Morgan fingerprint density at radius 1 is 1.04 bits per heavy atom. The lowest BCUT2D eigenvalue weighted by Crippen LogP contribution is -2.48. The Balaban J connectivity index is 1.63. The summed E-state index contributed by atoms with van der Waals surface area (Å²) >= 11 is 11.6. The summed E-state index contributed by atoms with van der Waals surface area (Å²) in [7, 11) is 3.25. The standard InChI is InChI=1S/C22H27ClN2O2S/c1-26-19-10-9-18(15-20(19)27-2)24-21(28)25-22(12-3-4-13-22)14-11-16-5-7-17(23)8-6-16/h5-10,15H,3-4,11-14H2,1-2H3,(H2,24,25,28). The molecule has 150 valence electrons. The maximum atomic E-state index is 6.00. The van der Waals surface area contributed by atoms with Crippen molar-refractivity contribution >= 4 is 34.6 Å². The van der Waals surface area contributed by atoms with E-state index in [1.54, 1.807) is 14.2 Å². The van der Waals surface area contributed by atoms with Crippen LogP contribution in [0.4, 0.5) is 5.69 Å². The van der Waals surface area contributed by atoms with Crippen LogP contribution < -0.4 is 20.1 Å². The van der Waals surface area contributed by atoms with Gasteiger partial charge in [-0.3, -0.25) is 0 Å². The fourth-order valence-corrected chi connectivity index (χ4v) is 4.30. The Hall–Kier alpha value is -1.98. The zero-order valence-corrected chi connectivity index (χ0v) is 18.0. The number of hydrogen-bond acceptors (Lipinski definition) is 3. The van der Waals surface area contributed by atoms with Crippen molar-refractivity contribution in [3.05, 3.63) is 53.1 Å². The second-order valence-electron chi connectivity index (χ2n) is 7.26. The first-order valence-electron chi connectivity index (χ1n) is 9.59. The van der Waals surface area contributed by atoms with Gasteiger partial charge in [-0.1, -0.05) is 36.6 Å². The first-order chi connectivity index (χ1) is 13.5. The molecule has 0 aromatic heterocycles. The molecule has 6 heteroatoms. The van der Waals surface area contributed by atoms with E-state index in [0.29, 0.717) is 16.6 Å². The third-order valence-electron chi connectivity index (χ3n) is 5.39. The fraction of sp³-hybridized carbons (Fsp3) is 0.409. The van der Waals surface area contributed by atoms with Gasteiger partial charge in [-0.2, -0.15) is 0 Å². The van der Waals surface area contributed by atoms with Crippen LogP contribution in [-0.4, -0.2) is 24.9 Å². The highest BCUT2D eigenvalue weighted by Crippen LogP contribution is 2.34. The lowest BCUT2D eigenvalue weighted by atomic mass is 9.89. The van der Waals surface area contributed by atoms with Gasteiger partial charge in [-0.15, -0.1) is 0 Å². The van der Waals surface area contributed by atoms with E-state index in [0.717, 1.165) is 36.4 Å². The molecule has 0 atom stereocenters. The predicted molar refractivity (Wildman–Crippen MR) is 120 cm³/mol. The highest BCUT2D eigenvalue weighted by atomic mass is 35.5. The largest absolute Gasteiger partial charge is 0.493 e. The molecule has 0 aliphatic heterocycles. The van der Waals surface area contributed by atoms with E-state index < -0.39 is 0 Å². The van der Waals surface area contributed by atoms with Crippen LogP contribution in [0.2, 0.25) is 5.02 Å². The number of rotatable bonds is 7. The molecule has 2 aromatic carbocycles. The monoisotopic (exact) mass is 418 g/mol. The van der Waals surface area contributed by atoms with Gasteiger partial charge in [-0.05, 0) is 67.7 Å². The maximum Gasteiger partial charge on any atom is 0.171 e. The Morgan fingerprint density at radius 3 is 2.36 bits per heavy atom. The molecule has 0 unspecified atom stereocenters. The summed E-state index contributed by atoms with van der Waals surface area (Å²) in [6.45, 7) is 0. The highest BCUT2D eigenvalue weighted by molar-refractivity contribution is 7.80. The lowest BCUT2D eigenvalue weighted by Gasteiger charge is -2.32. The van der Waals surface area contributed by atoms with E-state index in [-0.39, 0.29) is 5.54 Å². The molecule has 0 radical (unpaired) electrons.